The molecule has 0 bridgehead atoms. The predicted octanol–water partition coefficient (Wildman–Crippen LogP) is 3.27. The topological polar surface area (TPSA) is 62.7 Å². The van der Waals surface area contributed by atoms with Gasteiger partial charge in [-0.2, -0.15) is 10.1 Å². The Kier molecular flexibility index (Phi) is 6.54. The zero-order valence-corrected chi connectivity index (χ0v) is 12.8. The van der Waals surface area contributed by atoms with Gasteiger partial charge in [0.15, 0.2) is 0 Å². The monoisotopic (exact) mass is 303 g/mol. The molecule has 2 aromatic rings. The Hall–Kier alpha value is -2.24. The highest BCUT2D eigenvalue weighted by molar-refractivity contribution is 5.36. The Bertz CT molecular complexity index is 559. The van der Waals surface area contributed by atoms with E-state index in [1.54, 1.807) is 18.3 Å². The van der Waals surface area contributed by atoms with Crippen molar-refractivity contribution in [2.45, 2.75) is 32.6 Å². The van der Waals surface area contributed by atoms with Gasteiger partial charge < -0.3 is 10.6 Å². The van der Waals surface area contributed by atoms with E-state index in [1.165, 1.54) is 25.0 Å². The maximum atomic E-state index is 12.8. The number of anilines is 2. The minimum Gasteiger partial charge on any atom is -0.369 e. The van der Waals surface area contributed by atoms with E-state index in [4.69, 9.17) is 0 Å². The van der Waals surface area contributed by atoms with E-state index in [9.17, 15) is 4.39 Å². The average Bonchev–Trinajstić information content (AvgIpc) is 2.54. The van der Waals surface area contributed by atoms with Crippen molar-refractivity contribution < 1.29 is 4.39 Å². The number of benzene rings is 1. The highest BCUT2D eigenvalue weighted by Gasteiger charge is 2.00. The molecule has 0 spiro atoms. The van der Waals surface area contributed by atoms with Crippen LogP contribution in [0.1, 0.15) is 31.7 Å². The Morgan fingerprint density at radius 3 is 2.64 bits per heavy atom. The van der Waals surface area contributed by atoms with E-state index in [-0.39, 0.29) is 5.82 Å². The normalized spacial score (nSPS) is 10.5. The zero-order chi connectivity index (χ0) is 15.6. The van der Waals surface area contributed by atoms with Crippen LogP contribution < -0.4 is 10.6 Å². The number of hydrogen-bond acceptors (Lipinski definition) is 5. The molecule has 1 aromatic heterocycles. The Morgan fingerprint density at radius 1 is 1.05 bits per heavy atom. The second kappa shape index (κ2) is 8.92. The van der Waals surface area contributed by atoms with Crippen molar-refractivity contribution in [3.8, 4) is 0 Å². The summed E-state index contributed by atoms with van der Waals surface area (Å²) in [5.74, 6) is 1.02. The molecule has 0 radical (unpaired) electrons. The third-order valence-corrected chi connectivity index (χ3v) is 3.26. The maximum Gasteiger partial charge on any atom is 0.244 e. The molecule has 2 N–H and O–H groups in total. The molecule has 22 heavy (non-hydrogen) atoms. The number of hydrogen-bond donors (Lipinski definition) is 2. The largest absolute Gasteiger partial charge is 0.369 e. The molecular weight excluding hydrogens is 281 g/mol. The first-order valence-corrected chi connectivity index (χ1v) is 7.70. The van der Waals surface area contributed by atoms with Crippen molar-refractivity contribution in [2.24, 2.45) is 0 Å². The number of nitrogens with one attached hydrogen (secondary N) is 2. The van der Waals surface area contributed by atoms with Crippen molar-refractivity contribution >= 4 is 11.8 Å². The first kappa shape index (κ1) is 16.1. The van der Waals surface area contributed by atoms with Crippen LogP contribution in [0, 0.1) is 5.82 Å². The molecule has 0 amide bonds. The smallest absolute Gasteiger partial charge is 0.244 e. The predicted molar refractivity (Wildman–Crippen MR) is 86.4 cm³/mol. The van der Waals surface area contributed by atoms with Crippen molar-refractivity contribution in [3.05, 3.63) is 41.8 Å². The molecule has 2 rings (SSSR count). The lowest BCUT2D eigenvalue weighted by molar-refractivity contribution is 0.627. The van der Waals surface area contributed by atoms with Gasteiger partial charge in [-0.05, 0) is 30.5 Å². The van der Waals surface area contributed by atoms with Gasteiger partial charge in [-0.1, -0.05) is 31.9 Å². The molecule has 5 nitrogen and oxygen atoms in total. The molecule has 0 aliphatic rings. The van der Waals surface area contributed by atoms with E-state index < -0.39 is 0 Å². The van der Waals surface area contributed by atoms with Crippen LogP contribution in [0.25, 0.3) is 0 Å². The molecule has 0 saturated carbocycles. The molecule has 1 aromatic carbocycles. The number of halogens is 1. The molecule has 0 saturated heterocycles. The lowest BCUT2D eigenvalue weighted by Crippen LogP contribution is -2.11. The minimum absolute atomic E-state index is 0.217. The number of nitrogens with zero attached hydrogens (tertiary/aromatic N) is 3. The fourth-order valence-corrected chi connectivity index (χ4v) is 2.02. The van der Waals surface area contributed by atoms with Gasteiger partial charge in [-0.25, -0.2) is 4.39 Å². The summed E-state index contributed by atoms with van der Waals surface area (Å²) in [6.07, 6.45) is 5.91. The van der Waals surface area contributed by atoms with Gasteiger partial charge in [0.05, 0.1) is 6.20 Å². The van der Waals surface area contributed by atoms with Gasteiger partial charge in [0, 0.05) is 13.1 Å². The van der Waals surface area contributed by atoms with Crippen LogP contribution in [0.2, 0.25) is 0 Å². The van der Waals surface area contributed by atoms with Gasteiger partial charge in [0.2, 0.25) is 5.95 Å². The van der Waals surface area contributed by atoms with Crippen molar-refractivity contribution in [3.63, 3.8) is 0 Å². The maximum absolute atomic E-state index is 12.8. The van der Waals surface area contributed by atoms with Crippen LogP contribution in [-0.4, -0.2) is 28.3 Å². The second-order valence-corrected chi connectivity index (χ2v) is 5.10. The fraction of sp³-hybridized carbons (Fsp3) is 0.438. The van der Waals surface area contributed by atoms with E-state index in [1.807, 2.05) is 0 Å². The zero-order valence-electron chi connectivity index (χ0n) is 12.8. The molecular formula is C16H22FN5. The van der Waals surface area contributed by atoms with Gasteiger partial charge >= 0.3 is 0 Å². The molecule has 0 fully saturated rings. The number of unbranched alkanes of at least 4 members (excludes halogenated alkanes) is 2. The van der Waals surface area contributed by atoms with E-state index in [0.29, 0.717) is 12.5 Å². The summed E-state index contributed by atoms with van der Waals surface area (Å²) < 4.78 is 12.8. The van der Waals surface area contributed by atoms with Crippen molar-refractivity contribution in [1.82, 2.24) is 15.2 Å². The molecule has 0 aliphatic heterocycles. The summed E-state index contributed by atoms with van der Waals surface area (Å²) in [5, 5.41) is 14.3. The number of aromatic nitrogens is 3. The molecule has 118 valence electrons. The first-order valence-electron chi connectivity index (χ1n) is 7.70. The summed E-state index contributed by atoms with van der Waals surface area (Å²) in [6, 6.07) is 6.49. The van der Waals surface area contributed by atoms with Crippen molar-refractivity contribution in [1.29, 1.82) is 0 Å². The molecule has 1 heterocycles. The third-order valence-electron chi connectivity index (χ3n) is 3.26. The van der Waals surface area contributed by atoms with Crippen LogP contribution in [0.15, 0.2) is 30.5 Å². The molecule has 0 unspecified atom stereocenters. The standard InChI is InChI=1S/C16H22FN5/c1-2-3-4-10-18-15-12-20-22-16(21-15)19-11-9-13-5-7-14(17)8-6-13/h5-8,12H,2-4,9-11H2,1H3,(H2,18,19,21,22). The summed E-state index contributed by atoms with van der Waals surface area (Å²) in [6.45, 7) is 3.74. The lowest BCUT2D eigenvalue weighted by atomic mass is 10.1. The average molecular weight is 303 g/mol. The summed E-state index contributed by atoms with van der Waals surface area (Å²) in [7, 11) is 0. The van der Waals surface area contributed by atoms with Crippen LogP contribution in [-0.2, 0) is 6.42 Å². The van der Waals surface area contributed by atoms with E-state index in [2.05, 4.69) is 32.7 Å². The van der Waals surface area contributed by atoms with Crippen LogP contribution in [0.3, 0.4) is 0 Å². The van der Waals surface area contributed by atoms with Crippen LogP contribution in [0.5, 0.6) is 0 Å². The third kappa shape index (κ3) is 5.63. The van der Waals surface area contributed by atoms with E-state index in [0.717, 1.165) is 30.8 Å². The molecule has 6 heteroatoms. The summed E-state index contributed by atoms with van der Waals surface area (Å²) in [5.41, 5.74) is 1.07. The highest BCUT2D eigenvalue weighted by atomic mass is 19.1. The summed E-state index contributed by atoms with van der Waals surface area (Å²) in [4.78, 5) is 4.36. The van der Waals surface area contributed by atoms with Crippen molar-refractivity contribution in [2.75, 3.05) is 23.7 Å². The summed E-state index contributed by atoms with van der Waals surface area (Å²) >= 11 is 0. The quantitative estimate of drug-likeness (QED) is 0.696. The number of rotatable bonds is 9. The lowest BCUT2D eigenvalue weighted by Gasteiger charge is -2.07. The minimum atomic E-state index is -0.217. The Labute approximate surface area is 130 Å². The Balaban J connectivity index is 1.76. The van der Waals surface area contributed by atoms with E-state index >= 15 is 0 Å². The van der Waals surface area contributed by atoms with Crippen LogP contribution in [0.4, 0.5) is 16.2 Å². The van der Waals surface area contributed by atoms with Gasteiger partial charge in [0.1, 0.15) is 11.6 Å². The fourth-order valence-electron chi connectivity index (χ4n) is 2.02. The first-order chi connectivity index (χ1) is 10.8. The second-order valence-electron chi connectivity index (χ2n) is 5.10. The SMILES string of the molecule is CCCCCNc1cnnc(NCCc2ccc(F)cc2)n1. The van der Waals surface area contributed by atoms with Crippen LogP contribution >= 0.6 is 0 Å². The van der Waals surface area contributed by atoms with Gasteiger partial charge in [-0.15, -0.1) is 5.10 Å². The van der Waals surface area contributed by atoms with Gasteiger partial charge in [-0.3, -0.25) is 0 Å². The molecule has 0 atom stereocenters. The highest BCUT2D eigenvalue weighted by Crippen LogP contribution is 2.06. The molecule has 0 aliphatic carbocycles. The van der Waals surface area contributed by atoms with Gasteiger partial charge in [0.25, 0.3) is 0 Å². The Morgan fingerprint density at radius 2 is 1.86 bits per heavy atom.